The van der Waals surface area contributed by atoms with Gasteiger partial charge in [-0.05, 0) is 57.9 Å². The summed E-state index contributed by atoms with van der Waals surface area (Å²) in [6.07, 6.45) is -1.94. The number of hydrogen-bond acceptors (Lipinski definition) is 5. The SMILES string of the molecule is Cn1cc(C(F)(F)F)nc1-c1ccc(COc2nc(Cl)nc3c(I)cn(COCC[Si](C)(C)C)c23)cc1F. The highest BCUT2D eigenvalue weighted by atomic mass is 127. The summed E-state index contributed by atoms with van der Waals surface area (Å²) in [4.78, 5) is 12.1. The standard InChI is InChI=1S/C24H25ClF4IN5O2Si/c1-34-11-18(24(27,28)29)31-21(34)15-6-5-14(9-16(15)26)12-37-22-20-19(32-23(25)33-22)17(30)10-35(20)13-36-7-8-38(2,3)4/h5-6,9-11H,7-8,12-13H2,1-4H3. The Bertz CT molecular complexity index is 1470. The van der Waals surface area contributed by atoms with Gasteiger partial charge in [0.1, 0.15) is 36.0 Å². The van der Waals surface area contributed by atoms with Crippen molar-refractivity contribution >= 4 is 53.3 Å². The summed E-state index contributed by atoms with van der Waals surface area (Å²) >= 11 is 8.28. The van der Waals surface area contributed by atoms with Crippen LogP contribution < -0.4 is 4.74 Å². The molecule has 0 fully saturated rings. The van der Waals surface area contributed by atoms with Gasteiger partial charge in [0.05, 0.1) is 9.13 Å². The number of alkyl halides is 3. The second-order valence-corrected chi connectivity index (χ2v) is 17.1. The molecule has 0 saturated heterocycles. The summed E-state index contributed by atoms with van der Waals surface area (Å²) in [7, 11) is 0.137. The summed E-state index contributed by atoms with van der Waals surface area (Å²) in [5.74, 6) is -0.652. The number of ether oxygens (including phenoxy) is 2. The van der Waals surface area contributed by atoms with Crippen molar-refractivity contribution in [2.45, 2.75) is 45.2 Å². The van der Waals surface area contributed by atoms with Crippen LogP contribution in [0.1, 0.15) is 11.3 Å². The molecule has 14 heteroatoms. The van der Waals surface area contributed by atoms with Crippen molar-refractivity contribution in [2.75, 3.05) is 6.61 Å². The van der Waals surface area contributed by atoms with E-state index in [0.29, 0.717) is 23.2 Å². The fourth-order valence-electron chi connectivity index (χ4n) is 3.67. The van der Waals surface area contributed by atoms with E-state index in [1.54, 1.807) is 6.07 Å². The van der Waals surface area contributed by atoms with E-state index in [2.05, 4.69) is 57.2 Å². The van der Waals surface area contributed by atoms with Crippen LogP contribution in [0.4, 0.5) is 17.6 Å². The minimum Gasteiger partial charge on any atom is -0.471 e. The second kappa shape index (κ2) is 11.1. The fourth-order valence-corrected chi connectivity index (χ4v) is 5.30. The largest absolute Gasteiger partial charge is 0.471 e. The van der Waals surface area contributed by atoms with E-state index in [4.69, 9.17) is 21.1 Å². The number of hydrogen-bond donors (Lipinski definition) is 0. The lowest BCUT2D eigenvalue weighted by molar-refractivity contribution is -0.140. The van der Waals surface area contributed by atoms with Gasteiger partial charge >= 0.3 is 6.18 Å². The molecule has 0 radical (unpaired) electrons. The maximum Gasteiger partial charge on any atom is 0.434 e. The first-order valence-corrected chi connectivity index (χ1v) is 16.7. The molecule has 0 aliphatic heterocycles. The Labute approximate surface area is 236 Å². The third-order valence-corrected chi connectivity index (χ3v) is 8.31. The maximum absolute atomic E-state index is 14.9. The third-order valence-electron chi connectivity index (χ3n) is 5.65. The van der Waals surface area contributed by atoms with Gasteiger partial charge in [0, 0.05) is 34.1 Å². The highest BCUT2D eigenvalue weighted by Crippen LogP contribution is 2.33. The molecule has 0 aliphatic carbocycles. The molecule has 4 aromatic rings. The Morgan fingerprint density at radius 3 is 2.47 bits per heavy atom. The van der Waals surface area contributed by atoms with Gasteiger partial charge in [-0.2, -0.15) is 18.2 Å². The molecule has 3 aromatic heterocycles. The Balaban J connectivity index is 1.55. The number of halogens is 6. The molecular formula is C24H25ClF4IN5O2Si. The van der Waals surface area contributed by atoms with Gasteiger partial charge in [-0.15, -0.1) is 0 Å². The van der Waals surface area contributed by atoms with Gasteiger partial charge in [0.2, 0.25) is 11.2 Å². The van der Waals surface area contributed by atoms with Gasteiger partial charge in [-0.25, -0.2) is 14.4 Å². The zero-order chi connectivity index (χ0) is 27.8. The van der Waals surface area contributed by atoms with Crippen LogP contribution in [0.3, 0.4) is 0 Å². The van der Waals surface area contributed by atoms with Gasteiger partial charge in [-0.1, -0.05) is 25.7 Å². The average molecular weight is 682 g/mol. The monoisotopic (exact) mass is 681 g/mol. The van der Waals surface area contributed by atoms with E-state index >= 15 is 0 Å². The van der Waals surface area contributed by atoms with Crippen LogP contribution in [0, 0.1) is 9.39 Å². The maximum atomic E-state index is 14.9. The van der Waals surface area contributed by atoms with Crippen molar-refractivity contribution < 1.29 is 27.0 Å². The second-order valence-electron chi connectivity index (χ2n) is 9.95. The van der Waals surface area contributed by atoms with Crippen LogP contribution in [0.15, 0.2) is 30.6 Å². The summed E-state index contributed by atoms with van der Waals surface area (Å²) in [5, 5.41) is -0.000374. The first kappa shape index (κ1) is 28.8. The molecule has 0 N–H and O–H groups in total. The van der Waals surface area contributed by atoms with Crippen LogP contribution in [-0.2, 0) is 31.3 Å². The zero-order valence-corrected chi connectivity index (χ0v) is 24.9. The summed E-state index contributed by atoms with van der Waals surface area (Å²) in [6.45, 7) is 7.67. The number of aromatic nitrogens is 5. The normalized spacial score (nSPS) is 12.5. The zero-order valence-electron chi connectivity index (χ0n) is 21.0. The molecule has 0 spiro atoms. The number of imidazole rings is 1. The van der Waals surface area contributed by atoms with Crippen LogP contribution in [0.2, 0.25) is 31.0 Å². The van der Waals surface area contributed by atoms with Crippen LogP contribution in [-0.4, -0.2) is 38.8 Å². The molecule has 0 bridgehead atoms. The lowest BCUT2D eigenvalue weighted by Crippen LogP contribution is -2.22. The highest BCUT2D eigenvalue weighted by molar-refractivity contribution is 14.1. The number of rotatable bonds is 9. The van der Waals surface area contributed by atoms with Gasteiger partial charge < -0.3 is 18.6 Å². The van der Waals surface area contributed by atoms with Crippen LogP contribution in [0.25, 0.3) is 22.4 Å². The predicted octanol–water partition coefficient (Wildman–Crippen LogP) is 7.14. The molecule has 38 heavy (non-hydrogen) atoms. The molecule has 0 aliphatic rings. The highest BCUT2D eigenvalue weighted by Gasteiger charge is 2.34. The van der Waals surface area contributed by atoms with Gasteiger partial charge in [-0.3, -0.25) is 0 Å². The number of nitrogens with zero attached hydrogens (tertiary/aromatic N) is 5. The first-order valence-electron chi connectivity index (χ1n) is 11.5. The minimum atomic E-state index is -4.63. The van der Waals surface area contributed by atoms with Crippen molar-refractivity contribution in [1.82, 2.24) is 24.1 Å². The minimum absolute atomic E-state index is 0.000374. The lowest BCUT2D eigenvalue weighted by atomic mass is 10.1. The average Bonchev–Trinajstić information content (AvgIpc) is 3.34. The van der Waals surface area contributed by atoms with Crippen molar-refractivity contribution in [2.24, 2.45) is 7.05 Å². The van der Waals surface area contributed by atoms with E-state index in [-0.39, 0.29) is 35.9 Å². The van der Waals surface area contributed by atoms with Crippen molar-refractivity contribution in [3.63, 3.8) is 0 Å². The van der Waals surface area contributed by atoms with Gasteiger partial charge in [0.25, 0.3) is 0 Å². The van der Waals surface area contributed by atoms with Gasteiger partial charge in [0.15, 0.2) is 5.69 Å². The molecule has 7 nitrogen and oxygen atoms in total. The smallest absolute Gasteiger partial charge is 0.434 e. The quantitative estimate of drug-likeness (QED) is 0.0618. The molecule has 4 rings (SSSR count). The molecule has 0 saturated carbocycles. The van der Waals surface area contributed by atoms with E-state index in [0.717, 1.165) is 20.4 Å². The number of aryl methyl sites for hydroxylation is 1. The fraction of sp³-hybridized carbons (Fsp3) is 0.375. The molecule has 0 unspecified atom stereocenters. The van der Waals surface area contributed by atoms with E-state index in [9.17, 15) is 17.6 Å². The molecule has 3 heterocycles. The predicted molar refractivity (Wildman–Crippen MR) is 147 cm³/mol. The van der Waals surface area contributed by atoms with E-state index < -0.39 is 25.8 Å². The lowest BCUT2D eigenvalue weighted by Gasteiger charge is -2.16. The van der Waals surface area contributed by atoms with Crippen molar-refractivity contribution in [1.29, 1.82) is 0 Å². The topological polar surface area (TPSA) is 67.0 Å². The van der Waals surface area contributed by atoms with Crippen LogP contribution >= 0.6 is 34.2 Å². The van der Waals surface area contributed by atoms with Crippen molar-refractivity contribution in [3.05, 3.63) is 56.5 Å². The molecular weight excluding hydrogens is 657 g/mol. The molecule has 204 valence electrons. The summed E-state index contributed by atoms with van der Waals surface area (Å²) < 4.78 is 69.6. The van der Waals surface area contributed by atoms with Crippen LogP contribution in [0.5, 0.6) is 5.88 Å². The van der Waals surface area contributed by atoms with Crippen molar-refractivity contribution in [3.8, 4) is 17.3 Å². The number of fused-ring (bicyclic) bond motifs is 1. The Hall–Kier alpha value is -2.23. The first-order chi connectivity index (χ1) is 17.7. The summed E-state index contributed by atoms with van der Waals surface area (Å²) in [6, 6.07) is 5.14. The molecule has 0 atom stereocenters. The Morgan fingerprint density at radius 1 is 1.11 bits per heavy atom. The molecule has 1 aromatic carbocycles. The number of benzene rings is 1. The Morgan fingerprint density at radius 2 is 1.84 bits per heavy atom. The Kier molecular flexibility index (Phi) is 8.40. The summed E-state index contributed by atoms with van der Waals surface area (Å²) in [5.41, 5.74) is 0.494. The third kappa shape index (κ3) is 6.66. The molecule has 0 amide bonds. The van der Waals surface area contributed by atoms with E-state index in [1.165, 1.54) is 19.2 Å². The van der Waals surface area contributed by atoms with E-state index in [1.807, 2.05) is 10.8 Å².